The van der Waals surface area contributed by atoms with Gasteiger partial charge in [0.05, 0.1) is 17.8 Å². The van der Waals surface area contributed by atoms with E-state index in [-0.39, 0.29) is 12.5 Å². The van der Waals surface area contributed by atoms with Crippen molar-refractivity contribution in [1.82, 2.24) is 15.3 Å². The molecule has 0 saturated carbocycles. The minimum Gasteiger partial charge on any atom is -0.392 e. The number of aromatic nitrogens is 2. The Bertz CT molecular complexity index is 1250. The van der Waals surface area contributed by atoms with Gasteiger partial charge in [0.25, 0.3) is 5.91 Å². The molecule has 2 aromatic heterocycles. The van der Waals surface area contributed by atoms with Crippen LogP contribution in [0.4, 0.5) is 5.82 Å². The van der Waals surface area contributed by atoms with Gasteiger partial charge in [0.15, 0.2) is 0 Å². The van der Waals surface area contributed by atoms with E-state index >= 15 is 0 Å². The number of aliphatic hydroxyl groups excluding tert-OH is 1. The van der Waals surface area contributed by atoms with Gasteiger partial charge in [-0.1, -0.05) is 30.3 Å². The fourth-order valence-corrected chi connectivity index (χ4v) is 3.60. The number of aryl methyl sites for hydroxylation is 2. The van der Waals surface area contributed by atoms with E-state index in [4.69, 9.17) is 4.98 Å². The van der Waals surface area contributed by atoms with E-state index in [2.05, 4.69) is 15.6 Å². The molecule has 0 atom stereocenters. The molecule has 0 aliphatic heterocycles. The SMILES string of the molecule is Cc1ccc2cc(CO)c(-c3ccc(C(=O)NCCNc4ncccc4C)cc3)nc2c1. The van der Waals surface area contributed by atoms with Crippen molar-refractivity contribution in [2.45, 2.75) is 20.5 Å². The summed E-state index contributed by atoms with van der Waals surface area (Å²) in [4.78, 5) is 21.6. The Morgan fingerprint density at radius 2 is 1.81 bits per heavy atom. The molecule has 2 aromatic carbocycles. The topological polar surface area (TPSA) is 87.1 Å². The Morgan fingerprint density at radius 3 is 2.56 bits per heavy atom. The Hall–Kier alpha value is -3.77. The van der Waals surface area contributed by atoms with Gasteiger partial charge in [-0.2, -0.15) is 0 Å². The van der Waals surface area contributed by atoms with Crippen molar-refractivity contribution >= 4 is 22.6 Å². The molecule has 32 heavy (non-hydrogen) atoms. The number of carbonyl (C=O) groups is 1. The minimum absolute atomic E-state index is 0.100. The standard InChI is InChI=1S/C26H26N4O2/c1-17-5-6-21-15-22(16-31)24(30-23(21)14-17)19-7-9-20(10-8-19)26(32)29-13-12-28-25-18(2)4-3-11-27-25/h3-11,14-15,31H,12-13,16H2,1-2H3,(H,27,28)(H,29,32). The van der Waals surface area contributed by atoms with E-state index in [1.807, 2.05) is 62.4 Å². The quantitative estimate of drug-likeness (QED) is 0.385. The molecule has 4 aromatic rings. The third-order valence-corrected chi connectivity index (χ3v) is 5.36. The lowest BCUT2D eigenvalue weighted by Gasteiger charge is -2.11. The van der Waals surface area contributed by atoms with Crippen LogP contribution in [0.3, 0.4) is 0 Å². The summed E-state index contributed by atoms with van der Waals surface area (Å²) in [5.74, 6) is 0.685. The predicted octanol–water partition coefficient (Wildman–Crippen LogP) is 4.25. The Morgan fingerprint density at radius 1 is 1.00 bits per heavy atom. The first-order valence-electron chi connectivity index (χ1n) is 10.6. The van der Waals surface area contributed by atoms with Crippen molar-refractivity contribution in [3.63, 3.8) is 0 Å². The molecule has 2 heterocycles. The van der Waals surface area contributed by atoms with Crippen LogP contribution in [0.5, 0.6) is 0 Å². The zero-order valence-electron chi connectivity index (χ0n) is 18.2. The molecule has 6 nitrogen and oxygen atoms in total. The first-order valence-corrected chi connectivity index (χ1v) is 10.6. The second-order valence-electron chi connectivity index (χ2n) is 7.78. The number of nitrogens with zero attached hydrogens (tertiary/aromatic N) is 2. The zero-order chi connectivity index (χ0) is 22.5. The molecule has 0 aliphatic carbocycles. The number of rotatable bonds is 7. The molecule has 1 amide bonds. The van der Waals surface area contributed by atoms with Crippen LogP contribution in [-0.4, -0.2) is 34.1 Å². The summed E-state index contributed by atoms with van der Waals surface area (Å²) in [5, 5.41) is 17.0. The number of anilines is 1. The number of aliphatic hydroxyl groups is 1. The van der Waals surface area contributed by atoms with Crippen LogP contribution in [0.15, 0.2) is 66.9 Å². The highest BCUT2D eigenvalue weighted by atomic mass is 16.3. The number of amides is 1. The van der Waals surface area contributed by atoms with Gasteiger partial charge in [-0.15, -0.1) is 0 Å². The molecule has 0 aliphatic rings. The summed E-state index contributed by atoms with van der Waals surface area (Å²) in [6, 6.07) is 19.2. The van der Waals surface area contributed by atoms with Crippen LogP contribution < -0.4 is 10.6 Å². The number of benzene rings is 2. The number of fused-ring (bicyclic) bond motifs is 1. The van der Waals surface area contributed by atoms with Crippen molar-refractivity contribution < 1.29 is 9.90 Å². The van der Waals surface area contributed by atoms with Crippen molar-refractivity contribution in [2.24, 2.45) is 0 Å². The maximum absolute atomic E-state index is 12.5. The highest BCUT2D eigenvalue weighted by molar-refractivity contribution is 5.94. The van der Waals surface area contributed by atoms with Gasteiger partial charge in [-0.3, -0.25) is 4.79 Å². The van der Waals surface area contributed by atoms with E-state index in [9.17, 15) is 9.90 Å². The smallest absolute Gasteiger partial charge is 0.251 e. The van der Waals surface area contributed by atoms with E-state index in [1.54, 1.807) is 18.3 Å². The third kappa shape index (κ3) is 4.76. The maximum atomic E-state index is 12.5. The third-order valence-electron chi connectivity index (χ3n) is 5.36. The highest BCUT2D eigenvalue weighted by Gasteiger charge is 2.11. The second-order valence-corrected chi connectivity index (χ2v) is 7.78. The molecule has 0 fully saturated rings. The molecule has 0 bridgehead atoms. The van der Waals surface area contributed by atoms with Gasteiger partial charge in [-0.05, 0) is 55.3 Å². The lowest BCUT2D eigenvalue weighted by molar-refractivity contribution is 0.0955. The fraction of sp³-hybridized carbons (Fsp3) is 0.192. The predicted molar refractivity (Wildman–Crippen MR) is 128 cm³/mol. The summed E-state index contributed by atoms with van der Waals surface area (Å²) in [6.45, 7) is 4.99. The van der Waals surface area contributed by atoms with Crippen LogP contribution in [0.2, 0.25) is 0 Å². The van der Waals surface area contributed by atoms with Crippen LogP contribution in [-0.2, 0) is 6.61 Å². The monoisotopic (exact) mass is 426 g/mol. The maximum Gasteiger partial charge on any atom is 0.251 e. The largest absolute Gasteiger partial charge is 0.392 e. The van der Waals surface area contributed by atoms with Crippen molar-refractivity contribution in [2.75, 3.05) is 18.4 Å². The number of hydrogen-bond acceptors (Lipinski definition) is 5. The van der Waals surface area contributed by atoms with E-state index < -0.39 is 0 Å². The van der Waals surface area contributed by atoms with Crippen molar-refractivity contribution in [3.05, 3.63) is 89.1 Å². The summed E-state index contributed by atoms with van der Waals surface area (Å²) >= 11 is 0. The molecule has 6 heteroatoms. The first-order chi connectivity index (χ1) is 15.5. The average molecular weight is 427 g/mol. The summed E-state index contributed by atoms with van der Waals surface area (Å²) < 4.78 is 0. The number of pyridine rings is 2. The van der Waals surface area contributed by atoms with E-state index in [1.165, 1.54) is 0 Å². The second kappa shape index (κ2) is 9.58. The van der Waals surface area contributed by atoms with Gasteiger partial charge in [-0.25, -0.2) is 9.97 Å². The summed E-state index contributed by atoms with van der Waals surface area (Å²) in [5.41, 5.74) is 6.00. The van der Waals surface area contributed by atoms with Gasteiger partial charge in [0.1, 0.15) is 5.82 Å². The first kappa shape index (κ1) is 21.5. The zero-order valence-corrected chi connectivity index (χ0v) is 18.2. The van der Waals surface area contributed by atoms with E-state index in [0.717, 1.165) is 44.7 Å². The van der Waals surface area contributed by atoms with Crippen LogP contribution in [0.1, 0.15) is 27.0 Å². The Labute approximate surface area is 187 Å². The minimum atomic E-state index is -0.138. The molecule has 4 rings (SSSR count). The van der Waals surface area contributed by atoms with Crippen molar-refractivity contribution in [3.8, 4) is 11.3 Å². The lowest BCUT2D eigenvalue weighted by atomic mass is 10.0. The Balaban J connectivity index is 1.43. The van der Waals surface area contributed by atoms with Gasteiger partial charge in [0, 0.05) is 41.4 Å². The van der Waals surface area contributed by atoms with Gasteiger partial charge >= 0.3 is 0 Å². The van der Waals surface area contributed by atoms with Crippen LogP contribution >= 0.6 is 0 Å². The van der Waals surface area contributed by atoms with Crippen LogP contribution in [0.25, 0.3) is 22.2 Å². The van der Waals surface area contributed by atoms with Crippen molar-refractivity contribution in [1.29, 1.82) is 0 Å². The summed E-state index contributed by atoms with van der Waals surface area (Å²) in [6.07, 6.45) is 1.74. The fourth-order valence-electron chi connectivity index (χ4n) is 3.60. The molecular weight excluding hydrogens is 400 g/mol. The normalized spacial score (nSPS) is 10.8. The summed E-state index contributed by atoms with van der Waals surface area (Å²) in [7, 11) is 0. The molecule has 0 spiro atoms. The number of carbonyl (C=O) groups excluding carboxylic acids is 1. The number of nitrogens with one attached hydrogen (secondary N) is 2. The van der Waals surface area contributed by atoms with Crippen LogP contribution in [0, 0.1) is 13.8 Å². The highest BCUT2D eigenvalue weighted by Crippen LogP contribution is 2.26. The molecule has 162 valence electrons. The van der Waals surface area contributed by atoms with Gasteiger partial charge in [0.2, 0.25) is 0 Å². The Kier molecular flexibility index (Phi) is 6.42. The molecule has 0 unspecified atom stereocenters. The molecule has 0 saturated heterocycles. The lowest BCUT2D eigenvalue weighted by Crippen LogP contribution is -2.29. The molecule has 3 N–H and O–H groups in total. The molecule has 0 radical (unpaired) electrons. The average Bonchev–Trinajstić information content (AvgIpc) is 2.82. The molecular formula is C26H26N4O2. The van der Waals surface area contributed by atoms with Gasteiger partial charge < -0.3 is 15.7 Å². The number of hydrogen-bond donors (Lipinski definition) is 3. The van der Waals surface area contributed by atoms with E-state index in [0.29, 0.717) is 18.7 Å².